The van der Waals surface area contributed by atoms with Crippen LogP contribution in [0, 0.1) is 0 Å². The van der Waals surface area contributed by atoms with E-state index >= 15 is 0 Å². The Balaban J connectivity index is 1.81. The Hall–Kier alpha value is -0.690. The molecule has 2 heterocycles. The van der Waals surface area contributed by atoms with E-state index in [4.69, 9.17) is 9.47 Å². The molecule has 0 atom stereocenters. The molecule has 5 nitrogen and oxygen atoms in total. The summed E-state index contributed by atoms with van der Waals surface area (Å²) >= 11 is 1.76. The number of hydrogen-bond acceptors (Lipinski definition) is 6. The zero-order valence-electron chi connectivity index (χ0n) is 11.7. The smallest absolute Gasteiger partial charge is 0.185 e. The number of aromatic nitrogens is 1. The molecule has 2 rings (SSSR count). The third kappa shape index (κ3) is 4.42. The molecule has 1 aromatic heterocycles. The molecule has 0 bridgehead atoms. The van der Waals surface area contributed by atoms with Gasteiger partial charge in [-0.1, -0.05) is 0 Å². The highest BCUT2D eigenvalue weighted by Crippen LogP contribution is 2.26. The molecule has 1 fully saturated rings. The zero-order chi connectivity index (χ0) is 13.5. The Bertz CT molecular complexity index is 367. The Kier molecular flexibility index (Phi) is 6.03. The molecule has 1 N–H and O–H groups in total. The van der Waals surface area contributed by atoms with Gasteiger partial charge in [-0.25, -0.2) is 4.98 Å². The Morgan fingerprint density at radius 3 is 3.05 bits per heavy atom. The lowest BCUT2D eigenvalue weighted by Gasteiger charge is -2.30. The van der Waals surface area contributed by atoms with Crippen molar-refractivity contribution in [3.05, 3.63) is 11.1 Å². The van der Waals surface area contributed by atoms with Crippen molar-refractivity contribution in [1.29, 1.82) is 0 Å². The first-order valence-electron chi connectivity index (χ1n) is 6.76. The van der Waals surface area contributed by atoms with Crippen LogP contribution in [0.2, 0.25) is 0 Å². The standard InChI is InChI=1S/C13H23N3O2S/c1-16(11-3-6-18-7-4-11)13-15-10-12(19-13)9-14-5-8-17-2/h10-11,14H,3-9H2,1-2H3. The van der Waals surface area contributed by atoms with Gasteiger partial charge in [0.2, 0.25) is 0 Å². The van der Waals surface area contributed by atoms with Gasteiger partial charge in [0.15, 0.2) is 5.13 Å². The summed E-state index contributed by atoms with van der Waals surface area (Å²) in [5.41, 5.74) is 0. The van der Waals surface area contributed by atoms with E-state index in [9.17, 15) is 0 Å². The van der Waals surface area contributed by atoms with Crippen molar-refractivity contribution in [3.63, 3.8) is 0 Å². The number of rotatable bonds is 7. The molecular weight excluding hydrogens is 262 g/mol. The van der Waals surface area contributed by atoms with Crippen LogP contribution < -0.4 is 10.2 Å². The van der Waals surface area contributed by atoms with Crippen LogP contribution in [0.5, 0.6) is 0 Å². The van der Waals surface area contributed by atoms with Crippen molar-refractivity contribution >= 4 is 16.5 Å². The van der Waals surface area contributed by atoms with E-state index in [1.165, 1.54) is 4.88 Å². The van der Waals surface area contributed by atoms with Crippen molar-refractivity contribution < 1.29 is 9.47 Å². The molecule has 0 amide bonds. The second-order valence-electron chi connectivity index (χ2n) is 4.73. The van der Waals surface area contributed by atoms with E-state index in [1.54, 1.807) is 18.4 Å². The van der Waals surface area contributed by atoms with E-state index in [1.807, 2.05) is 6.20 Å². The third-order valence-corrected chi connectivity index (χ3v) is 4.45. The van der Waals surface area contributed by atoms with Gasteiger partial charge >= 0.3 is 0 Å². The van der Waals surface area contributed by atoms with Crippen LogP contribution in [0.3, 0.4) is 0 Å². The predicted octanol–water partition coefficient (Wildman–Crippen LogP) is 1.49. The number of ether oxygens (including phenoxy) is 2. The Labute approximate surface area is 118 Å². The summed E-state index contributed by atoms with van der Waals surface area (Å²) in [6.07, 6.45) is 4.16. The van der Waals surface area contributed by atoms with Gasteiger partial charge in [-0.05, 0) is 12.8 Å². The van der Waals surface area contributed by atoms with Crippen LogP contribution in [0.4, 0.5) is 5.13 Å². The molecule has 6 heteroatoms. The maximum absolute atomic E-state index is 5.40. The van der Waals surface area contributed by atoms with Crippen LogP contribution in [0.1, 0.15) is 17.7 Å². The van der Waals surface area contributed by atoms with Crippen molar-refractivity contribution in [2.75, 3.05) is 45.4 Å². The number of hydrogen-bond donors (Lipinski definition) is 1. The first-order chi connectivity index (χ1) is 9.31. The molecule has 1 aliphatic rings. The molecule has 1 aliphatic heterocycles. The van der Waals surface area contributed by atoms with Crippen LogP contribution in [0.15, 0.2) is 6.20 Å². The highest BCUT2D eigenvalue weighted by molar-refractivity contribution is 7.15. The molecule has 1 aromatic rings. The molecule has 108 valence electrons. The first-order valence-corrected chi connectivity index (χ1v) is 7.58. The largest absolute Gasteiger partial charge is 0.383 e. The SMILES string of the molecule is COCCNCc1cnc(N(C)C2CCOCC2)s1. The molecule has 0 spiro atoms. The topological polar surface area (TPSA) is 46.6 Å². The minimum atomic E-state index is 0.564. The lowest BCUT2D eigenvalue weighted by atomic mass is 10.1. The highest BCUT2D eigenvalue weighted by atomic mass is 32.1. The molecule has 0 radical (unpaired) electrons. The van der Waals surface area contributed by atoms with E-state index in [2.05, 4.69) is 22.2 Å². The summed E-state index contributed by atoms with van der Waals surface area (Å²) in [7, 11) is 3.85. The van der Waals surface area contributed by atoms with Crippen LogP contribution in [-0.4, -0.2) is 51.5 Å². The van der Waals surface area contributed by atoms with Crippen LogP contribution in [0.25, 0.3) is 0 Å². The Morgan fingerprint density at radius 1 is 1.53 bits per heavy atom. The quantitative estimate of drug-likeness (QED) is 0.769. The minimum absolute atomic E-state index is 0.564. The van der Waals surface area contributed by atoms with Crippen molar-refractivity contribution in [2.45, 2.75) is 25.4 Å². The van der Waals surface area contributed by atoms with Gasteiger partial charge in [-0.2, -0.15) is 0 Å². The molecule has 0 saturated carbocycles. The molecule has 0 aliphatic carbocycles. The average molecular weight is 285 g/mol. The van der Waals surface area contributed by atoms with E-state index in [-0.39, 0.29) is 0 Å². The first kappa shape index (κ1) is 14.7. The van der Waals surface area contributed by atoms with Gasteiger partial charge < -0.3 is 19.7 Å². The molecule has 0 aromatic carbocycles. The number of nitrogens with one attached hydrogen (secondary N) is 1. The highest BCUT2D eigenvalue weighted by Gasteiger charge is 2.20. The van der Waals surface area contributed by atoms with Crippen molar-refractivity contribution in [1.82, 2.24) is 10.3 Å². The molecule has 19 heavy (non-hydrogen) atoms. The monoisotopic (exact) mass is 285 g/mol. The number of methoxy groups -OCH3 is 1. The number of thiazole rings is 1. The summed E-state index contributed by atoms with van der Waals surface area (Å²) in [6.45, 7) is 4.22. The van der Waals surface area contributed by atoms with E-state index < -0.39 is 0 Å². The predicted molar refractivity (Wildman–Crippen MR) is 77.9 cm³/mol. The fraction of sp³-hybridized carbons (Fsp3) is 0.769. The van der Waals surface area contributed by atoms with Gasteiger partial charge in [0, 0.05) is 57.6 Å². The summed E-state index contributed by atoms with van der Waals surface area (Å²) < 4.78 is 10.4. The fourth-order valence-corrected chi connectivity index (χ4v) is 3.07. The van der Waals surface area contributed by atoms with Gasteiger partial charge in [0.25, 0.3) is 0 Å². The fourth-order valence-electron chi connectivity index (χ4n) is 2.16. The van der Waals surface area contributed by atoms with Crippen molar-refractivity contribution in [3.8, 4) is 0 Å². The molecule has 0 unspecified atom stereocenters. The van der Waals surface area contributed by atoms with Crippen molar-refractivity contribution in [2.24, 2.45) is 0 Å². The normalized spacial score (nSPS) is 16.7. The molecule has 1 saturated heterocycles. The van der Waals surface area contributed by atoms with Crippen LogP contribution >= 0.6 is 11.3 Å². The summed E-state index contributed by atoms with van der Waals surface area (Å²) in [4.78, 5) is 8.09. The number of anilines is 1. The third-order valence-electron chi connectivity index (χ3n) is 3.36. The van der Waals surface area contributed by atoms with Gasteiger partial charge in [-0.15, -0.1) is 11.3 Å². The summed E-state index contributed by atoms with van der Waals surface area (Å²) in [6, 6.07) is 0.564. The maximum Gasteiger partial charge on any atom is 0.185 e. The second kappa shape index (κ2) is 7.79. The number of nitrogens with zero attached hydrogens (tertiary/aromatic N) is 2. The summed E-state index contributed by atoms with van der Waals surface area (Å²) in [5.74, 6) is 0. The lowest BCUT2D eigenvalue weighted by molar-refractivity contribution is 0.0855. The Morgan fingerprint density at radius 2 is 2.32 bits per heavy atom. The summed E-state index contributed by atoms with van der Waals surface area (Å²) in [5, 5.41) is 4.45. The van der Waals surface area contributed by atoms with Gasteiger partial charge in [0.1, 0.15) is 0 Å². The van der Waals surface area contributed by atoms with Gasteiger partial charge in [-0.3, -0.25) is 0 Å². The second-order valence-corrected chi connectivity index (χ2v) is 5.83. The van der Waals surface area contributed by atoms with E-state index in [0.29, 0.717) is 6.04 Å². The molecular formula is C13H23N3O2S. The zero-order valence-corrected chi connectivity index (χ0v) is 12.5. The lowest BCUT2D eigenvalue weighted by Crippen LogP contribution is -2.36. The maximum atomic E-state index is 5.40. The van der Waals surface area contributed by atoms with Crippen LogP contribution in [-0.2, 0) is 16.0 Å². The average Bonchev–Trinajstić information content (AvgIpc) is 2.92. The minimum Gasteiger partial charge on any atom is -0.383 e. The van der Waals surface area contributed by atoms with Gasteiger partial charge in [0.05, 0.1) is 6.61 Å². The van der Waals surface area contributed by atoms with E-state index in [0.717, 1.165) is 50.9 Å².